The lowest BCUT2D eigenvalue weighted by Gasteiger charge is -2.69. The number of allylic oxidation sites excluding steroid dienone is 2. The van der Waals surface area contributed by atoms with E-state index in [1.54, 1.807) is 6.20 Å². The fourth-order valence-electron chi connectivity index (χ4n) is 9.97. The van der Waals surface area contributed by atoms with E-state index in [0.29, 0.717) is 5.76 Å². The molecule has 0 aliphatic heterocycles. The van der Waals surface area contributed by atoms with Gasteiger partial charge in [-0.3, -0.25) is 4.79 Å². The van der Waals surface area contributed by atoms with E-state index in [4.69, 9.17) is 10.3 Å². The van der Waals surface area contributed by atoms with Crippen molar-refractivity contribution in [3.05, 3.63) is 29.2 Å². The van der Waals surface area contributed by atoms with Crippen molar-refractivity contribution in [3.63, 3.8) is 0 Å². The van der Waals surface area contributed by atoms with E-state index >= 15 is 0 Å². The highest BCUT2D eigenvalue weighted by Gasteiger charge is 2.69. The summed E-state index contributed by atoms with van der Waals surface area (Å²) in [4.78, 5) is 14.2. The maximum atomic E-state index is 14.2. The van der Waals surface area contributed by atoms with Crippen LogP contribution in [-0.4, -0.2) is 21.6 Å². The minimum Gasteiger partial charge on any atom is -0.382 e. The number of nitrogens with two attached hydrogens (primary N) is 1. The molecule has 6 rings (SSSR count). The van der Waals surface area contributed by atoms with Gasteiger partial charge < -0.3 is 15.4 Å². The lowest BCUT2D eigenvalue weighted by Crippen LogP contribution is -2.68. The lowest BCUT2D eigenvalue weighted by atomic mass is 9.35. The quantitative estimate of drug-likeness (QED) is 0.541. The van der Waals surface area contributed by atoms with E-state index in [1.165, 1.54) is 5.57 Å². The molecule has 5 heteroatoms. The highest BCUT2D eigenvalue weighted by Crippen LogP contribution is 2.73. The first-order valence-electron chi connectivity index (χ1n) is 13.4. The van der Waals surface area contributed by atoms with Crippen molar-refractivity contribution in [1.82, 2.24) is 5.16 Å². The Labute approximate surface area is 203 Å². The Kier molecular flexibility index (Phi) is 4.36. The van der Waals surface area contributed by atoms with Crippen LogP contribution in [0.3, 0.4) is 0 Å². The van der Waals surface area contributed by atoms with Crippen LogP contribution in [0.2, 0.25) is 0 Å². The Morgan fingerprint density at radius 3 is 2.50 bits per heavy atom. The Balaban J connectivity index is 1.50. The molecule has 8 atom stereocenters. The molecule has 0 bridgehead atoms. The minimum atomic E-state index is -1.09. The van der Waals surface area contributed by atoms with Crippen molar-refractivity contribution >= 4 is 5.78 Å². The summed E-state index contributed by atoms with van der Waals surface area (Å²) in [5.41, 5.74) is 7.75. The number of carbonyl (C=O) groups excluding carboxylic acids is 1. The van der Waals surface area contributed by atoms with Gasteiger partial charge in [0.05, 0.1) is 6.20 Å². The highest BCUT2D eigenvalue weighted by atomic mass is 16.5. The van der Waals surface area contributed by atoms with Crippen LogP contribution in [0.1, 0.15) is 97.8 Å². The number of aromatic nitrogens is 1. The van der Waals surface area contributed by atoms with Gasteiger partial charge in [-0.25, -0.2) is 0 Å². The van der Waals surface area contributed by atoms with Crippen molar-refractivity contribution in [3.8, 4) is 0 Å². The second-order valence-corrected chi connectivity index (χ2v) is 14.4. The summed E-state index contributed by atoms with van der Waals surface area (Å²) in [7, 11) is 0. The normalized spacial score (nSPS) is 51.4. The summed E-state index contributed by atoms with van der Waals surface area (Å²) < 4.78 is 5.54. The third-order valence-corrected chi connectivity index (χ3v) is 12.1. The van der Waals surface area contributed by atoms with Crippen LogP contribution in [0.15, 0.2) is 22.4 Å². The SMILES string of the molecule is CC1(C)CC[C@]2(N)CC[C@]3(C)[C@H](C(=O)C=C4[C@@]5(C)Cc6cnoc6[C@@](C)(O)C5CC[C@]43C)[C@@H]2C1. The number of carbonyl (C=O) groups is 1. The molecular weight excluding hydrogens is 424 g/mol. The fraction of sp³-hybridized carbons (Fsp3) is 0.793. The van der Waals surface area contributed by atoms with Gasteiger partial charge in [0.25, 0.3) is 0 Å². The van der Waals surface area contributed by atoms with Crippen molar-refractivity contribution in [2.24, 2.45) is 45.1 Å². The van der Waals surface area contributed by atoms with Crippen LogP contribution in [0.5, 0.6) is 0 Å². The van der Waals surface area contributed by atoms with Gasteiger partial charge in [0.15, 0.2) is 11.5 Å². The molecule has 0 aromatic carbocycles. The van der Waals surface area contributed by atoms with Crippen molar-refractivity contribution in [2.75, 3.05) is 0 Å². The largest absolute Gasteiger partial charge is 0.382 e. The Morgan fingerprint density at radius 2 is 1.76 bits per heavy atom. The first-order chi connectivity index (χ1) is 15.7. The third-order valence-electron chi connectivity index (χ3n) is 12.1. The molecule has 1 unspecified atom stereocenters. The topological polar surface area (TPSA) is 89.4 Å². The van der Waals surface area contributed by atoms with Gasteiger partial charge in [0, 0.05) is 22.9 Å². The number of rotatable bonds is 0. The molecule has 34 heavy (non-hydrogen) atoms. The smallest absolute Gasteiger partial charge is 0.171 e. The second-order valence-electron chi connectivity index (χ2n) is 14.4. The first-order valence-corrected chi connectivity index (χ1v) is 13.4. The standard InChI is InChI=1S/C29H42N2O3/c1-24(2)9-11-29(30)12-10-27(5)22(18(29)15-24)19(32)13-21-25(3)14-17-16-31-34-23(17)28(6,33)20(25)7-8-26(21,27)4/h13,16,18,20,22,33H,7-12,14-15,30H2,1-6H3/t18-,20?,22-,25-,26+,27+,28-,29-/m0/s1. The number of hydrogen-bond acceptors (Lipinski definition) is 5. The molecule has 1 aromatic heterocycles. The van der Waals surface area contributed by atoms with E-state index in [1.807, 2.05) is 13.0 Å². The molecule has 1 aromatic rings. The molecule has 0 spiro atoms. The summed E-state index contributed by atoms with van der Waals surface area (Å²) in [6.07, 6.45) is 11.7. The Bertz CT molecular complexity index is 1100. The Hall–Kier alpha value is -1.46. The van der Waals surface area contributed by atoms with Crippen molar-refractivity contribution < 1.29 is 14.4 Å². The summed E-state index contributed by atoms with van der Waals surface area (Å²) >= 11 is 0. The van der Waals surface area contributed by atoms with Crippen LogP contribution >= 0.6 is 0 Å². The van der Waals surface area contributed by atoms with E-state index in [0.717, 1.165) is 56.9 Å². The van der Waals surface area contributed by atoms with Gasteiger partial charge in [-0.2, -0.15) is 0 Å². The van der Waals surface area contributed by atoms with Crippen LogP contribution in [-0.2, 0) is 16.8 Å². The van der Waals surface area contributed by atoms with E-state index in [9.17, 15) is 9.90 Å². The zero-order chi connectivity index (χ0) is 24.5. The van der Waals surface area contributed by atoms with Crippen LogP contribution < -0.4 is 5.73 Å². The van der Waals surface area contributed by atoms with E-state index < -0.39 is 5.60 Å². The molecule has 3 N–H and O–H groups in total. The van der Waals surface area contributed by atoms with Gasteiger partial charge in [0.2, 0.25) is 0 Å². The van der Waals surface area contributed by atoms with Crippen molar-refractivity contribution in [1.29, 1.82) is 0 Å². The zero-order valence-corrected chi connectivity index (χ0v) is 21.8. The van der Waals surface area contributed by atoms with Crippen LogP contribution in [0.4, 0.5) is 0 Å². The zero-order valence-electron chi connectivity index (χ0n) is 21.8. The molecular formula is C29H42N2O3. The minimum absolute atomic E-state index is 0.00136. The maximum Gasteiger partial charge on any atom is 0.171 e. The molecule has 186 valence electrons. The number of fused-ring (bicyclic) bond motifs is 8. The lowest BCUT2D eigenvalue weighted by molar-refractivity contribution is -0.167. The molecule has 3 fully saturated rings. The highest BCUT2D eigenvalue weighted by molar-refractivity contribution is 5.95. The molecule has 0 radical (unpaired) electrons. The predicted octanol–water partition coefficient (Wildman–Crippen LogP) is 5.31. The predicted molar refractivity (Wildman–Crippen MR) is 131 cm³/mol. The average molecular weight is 467 g/mol. The molecule has 5 aliphatic carbocycles. The first kappa shape index (κ1) is 23.0. The van der Waals surface area contributed by atoms with Crippen LogP contribution in [0.25, 0.3) is 0 Å². The van der Waals surface area contributed by atoms with Gasteiger partial charge in [-0.15, -0.1) is 0 Å². The van der Waals surface area contributed by atoms with Gasteiger partial charge in [-0.1, -0.05) is 45.3 Å². The summed E-state index contributed by atoms with van der Waals surface area (Å²) in [5.74, 6) is 1.11. The van der Waals surface area contributed by atoms with Crippen LogP contribution in [0, 0.1) is 39.4 Å². The van der Waals surface area contributed by atoms with Gasteiger partial charge in [-0.05, 0) is 91.9 Å². The molecule has 3 saturated carbocycles. The van der Waals surface area contributed by atoms with Crippen molar-refractivity contribution in [2.45, 2.75) is 104 Å². The molecule has 0 amide bonds. The van der Waals surface area contributed by atoms with E-state index in [2.05, 4.69) is 39.8 Å². The number of nitrogens with zero attached hydrogens (tertiary/aromatic N) is 1. The molecule has 0 saturated heterocycles. The number of ketones is 1. The number of hydrogen-bond donors (Lipinski definition) is 2. The monoisotopic (exact) mass is 466 g/mol. The summed E-state index contributed by atoms with van der Waals surface area (Å²) in [6, 6.07) is 0. The van der Waals surface area contributed by atoms with Gasteiger partial charge in [0.1, 0.15) is 5.60 Å². The third kappa shape index (κ3) is 2.58. The molecule has 5 nitrogen and oxygen atoms in total. The second kappa shape index (κ2) is 6.45. The average Bonchev–Trinajstić information content (AvgIpc) is 3.20. The maximum absolute atomic E-state index is 14.2. The Morgan fingerprint density at radius 1 is 1.06 bits per heavy atom. The molecule has 5 aliphatic rings. The number of aliphatic hydroxyl groups is 1. The summed E-state index contributed by atoms with van der Waals surface area (Å²) in [6.45, 7) is 13.7. The summed E-state index contributed by atoms with van der Waals surface area (Å²) in [5, 5.41) is 15.7. The van der Waals surface area contributed by atoms with Gasteiger partial charge >= 0.3 is 0 Å². The molecule has 1 heterocycles. The van der Waals surface area contributed by atoms with E-state index in [-0.39, 0.29) is 50.7 Å². The fourth-order valence-corrected chi connectivity index (χ4v) is 9.97.